The van der Waals surface area contributed by atoms with Gasteiger partial charge in [0.25, 0.3) is 0 Å². The summed E-state index contributed by atoms with van der Waals surface area (Å²) in [6.45, 7) is 0. The number of rotatable bonds is 2. The number of aromatic nitrogens is 2. The minimum absolute atomic E-state index is 0.0601. The van der Waals surface area contributed by atoms with E-state index in [0.717, 1.165) is 72.1 Å². The van der Waals surface area contributed by atoms with Crippen LogP contribution in [-0.4, -0.2) is 9.13 Å². The Bertz CT molecular complexity index is 1620. The molecule has 4 aromatic rings. The van der Waals surface area contributed by atoms with Gasteiger partial charge in [0.15, 0.2) is 11.2 Å². The van der Waals surface area contributed by atoms with Gasteiger partial charge in [-0.1, -0.05) is 48.6 Å². The van der Waals surface area contributed by atoms with Crippen LogP contribution in [0.15, 0.2) is 102 Å². The summed E-state index contributed by atoms with van der Waals surface area (Å²) in [6.07, 6.45) is 14.9. The Morgan fingerprint density at radius 1 is 0.639 bits per heavy atom. The maximum Gasteiger partial charge on any atom is 0.424 e. The maximum absolute atomic E-state index is 13.2. The maximum atomic E-state index is 13.2. The molecular formula is C30H26N2O4. The van der Waals surface area contributed by atoms with E-state index in [1.807, 2.05) is 48.5 Å². The third-order valence-corrected chi connectivity index (χ3v) is 7.73. The van der Waals surface area contributed by atoms with E-state index in [4.69, 9.17) is 8.83 Å². The molecule has 0 amide bonds. The number of hydrogen-bond donors (Lipinski definition) is 0. The molecule has 0 aliphatic heterocycles. The van der Waals surface area contributed by atoms with Crippen molar-refractivity contribution in [3.8, 4) is 0 Å². The van der Waals surface area contributed by atoms with E-state index < -0.39 is 0 Å². The molecule has 3 aliphatic rings. The predicted octanol–water partition coefficient (Wildman–Crippen LogP) is 6.35. The molecule has 2 aromatic carbocycles. The lowest BCUT2D eigenvalue weighted by molar-refractivity contribution is 0.532. The van der Waals surface area contributed by atoms with Crippen molar-refractivity contribution in [1.82, 2.24) is 9.13 Å². The fourth-order valence-electron chi connectivity index (χ4n) is 6.11. The molecule has 0 unspecified atom stereocenters. The second-order valence-electron chi connectivity index (χ2n) is 9.84. The van der Waals surface area contributed by atoms with Gasteiger partial charge in [-0.25, -0.2) is 18.7 Å². The Balaban J connectivity index is 1.49. The third kappa shape index (κ3) is 3.24. The van der Waals surface area contributed by atoms with Gasteiger partial charge in [-0.05, 0) is 73.9 Å². The zero-order valence-electron chi connectivity index (χ0n) is 19.9. The fourth-order valence-corrected chi connectivity index (χ4v) is 6.11. The first-order chi connectivity index (χ1) is 17.7. The van der Waals surface area contributed by atoms with Crippen LogP contribution in [0.1, 0.15) is 38.5 Å². The van der Waals surface area contributed by atoms with Gasteiger partial charge in [0.2, 0.25) is 0 Å². The highest BCUT2D eigenvalue weighted by Crippen LogP contribution is 2.44. The molecule has 0 N–H and O–H groups in total. The van der Waals surface area contributed by atoms with Crippen molar-refractivity contribution in [2.45, 2.75) is 38.5 Å². The van der Waals surface area contributed by atoms with E-state index in [0.29, 0.717) is 11.2 Å². The van der Waals surface area contributed by atoms with Crippen molar-refractivity contribution in [1.29, 1.82) is 0 Å². The molecule has 0 bridgehead atoms. The van der Waals surface area contributed by atoms with Crippen molar-refractivity contribution in [2.75, 3.05) is 0 Å². The average molecular weight is 479 g/mol. The lowest BCUT2D eigenvalue weighted by atomic mass is 9.77. The van der Waals surface area contributed by atoms with Crippen LogP contribution in [0.4, 0.5) is 0 Å². The van der Waals surface area contributed by atoms with Crippen molar-refractivity contribution in [2.24, 2.45) is 11.8 Å². The van der Waals surface area contributed by atoms with Crippen molar-refractivity contribution in [3.63, 3.8) is 0 Å². The number of allylic oxidation sites excluding steroid dienone is 8. The highest BCUT2D eigenvalue weighted by Gasteiger charge is 2.32. The van der Waals surface area contributed by atoms with Crippen LogP contribution in [0.2, 0.25) is 0 Å². The van der Waals surface area contributed by atoms with Gasteiger partial charge >= 0.3 is 11.5 Å². The Morgan fingerprint density at radius 3 is 1.56 bits per heavy atom. The minimum Gasteiger partial charge on any atom is -0.407 e. The van der Waals surface area contributed by atoms with E-state index in [2.05, 4.69) is 24.3 Å². The van der Waals surface area contributed by atoms with E-state index in [9.17, 15) is 9.59 Å². The Labute approximate surface area is 207 Å². The van der Waals surface area contributed by atoms with E-state index in [1.165, 1.54) is 0 Å². The highest BCUT2D eigenvalue weighted by molar-refractivity contribution is 5.85. The normalized spacial score (nSPS) is 25.0. The summed E-state index contributed by atoms with van der Waals surface area (Å²) in [5.74, 6) is -0.610. The Hall–Kier alpha value is -4.06. The first kappa shape index (κ1) is 21.2. The highest BCUT2D eigenvalue weighted by atomic mass is 16.4. The average Bonchev–Trinajstić information content (AvgIpc) is 3.40. The molecular weight excluding hydrogens is 452 g/mol. The molecule has 6 nitrogen and oxygen atoms in total. The molecule has 0 radical (unpaired) electrons. The van der Waals surface area contributed by atoms with Gasteiger partial charge in [0, 0.05) is 11.8 Å². The van der Waals surface area contributed by atoms with Crippen LogP contribution in [0.25, 0.3) is 33.6 Å². The molecule has 7 rings (SSSR count). The van der Waals surface area contributed by atoms with Crippen molar-refractivity contribution < 1.29 is 8.83 Å². The molecule has 2 heterocycles. The molecule has 36 heavy (non-hydrogen) atoms. The van der Waals surface area contributed by atoms with Crippen LogP contribution >= 0.6 is 0 Å². The molecule has 0 fully saturated rings. The lowest BCUT2D eigenvalue weighted by Gasteiger charge is -2.32. The summed E-state index contributed by atoms with van der Waals surface area (Å²) in [4.78, 5) is 26.3. The molecule has 0 saturated heterocycles. The van der Waals surface area contributed by atoms with E-state index >= 15 is 0 Å². The molecule has 0 saturated carbocycles. The summed E-state index contributed by atoms with van der Waals surface area (Å²) in [7, 11) is 0. The fraction of sp³-hybridized carbons (Fsp3) is 0.267. The predicted molar refractivity (Wildman–Crippen MR) is 140 cm³/mol. The standard InChI is InChI=1S/C30H26N2O4/c33-29-31(23-13-5-7-15-27(23)35-29)25-17-19-9-1-3-11-21(19)26(18-20-10-2-4-12-22(20)25)32-24-14-6-8-16-28(24)36-30(32)34/h5-8,11-20H,1-4,9-10H2/b25-17+,26-18+/t19-,20+. The summed E-state index contributed by atoms with van der Waals surface area (Å²) in [5.41, 5.74) is 6.80. The second-order valence-corrected chi connectivity index (χ2v) is 9.84. The van der Waals surface area contributed by atoms with E-state index in [1.54, 1.807) is 9.13 Å². The lowest BCUT2D eigenvalue weighted by Crippen LogP contribution is -2.25. The van der Waals surface area contributed by atoms with Crippen molar-refractivity contribution in [3.05, 3.63) is 105 Å². The monoisotopic (exact) mass is 478 g/mol. The number of nitrogens with zero attached hydrogens (tertiary/aromatic N) is 2. The molecule has 180 valence electrons. The van der Waals surface area contributed by atoms with E-state index in [-0.39, 0.29) is 23.3 Å². The third-order valence-electron chi connectivity index (χ3n) is 7.73. The molecule has 2 atom stereocenters. The zero-order chi connectivity index (χ0) is 24.2. The van der Waals surface area contributed by atoms with Gasteiger partial charge < -0.3 is 8.83 Å². The van der Waals surface area contributed by atoms with Crippen LogP contribution < -0.4 is 11.5 Å². The van der Waals surface area contributed by atoms with Crippen molar-refractivity contribution >= 4 is 33.6 Å². The Morgan fingerprint density at radius 2 is 1.08 bits per heavy atom. The summed E-state index contributed by atoms with van der Waals surface area (Å²) in [5, 5.41) is 0. The van der Waals surface area contributed by atoms with Gasteiger partial charge in [0.1, 0.15) is 0 Å². The molecule has 3 aliphatic carbocycles. The van der Waals surface area contributed by atoms with Gasteiger partial charge in [0.05, 0.1) is 22.4 Å². The number of benzene rings is 2. The first-order valence-electron chi connectivity index (χ1n) is 12.8. The largest absolute Gasteiger partial charge is 0.424 e. The summed E-state index contributed by atoms with van der Waals surface area (Å²) < 4.78 is 14.8. The molecule has 0 spiro atoms. The van der Waals surface area contributed by atoms with Gasteiger partial charge in [-0.2, -0.15) is 0 Å². The number of hydrogen-bond acceptors (Lipinski definition) is 4. The van der Waals surface area contributed by atoms with Crippen LogP contribution in [-0.2, 0) is 0 Å². The van der Waals surface area contributed by atoms with Crippen LogP contribution in [0.5, 0.6) is 0 Å². The first-order valence-corrected chi connectivity index (χ1v) is 12.8. The van der Waals surface area contributed by atoms with Gasteiger partial charge in [-0.3, -0.25) is 0 Å². The quantitative estimate of drug-likeness (QED) is 0.337. The molecule has 2 aromatic heterocycles. The minimum atomic E-state index is -0.365. The summed E-state index contributed by atoms with van der Waals surface area (Å²) >= 11 is 0. The Kier molecular flexibility index (Phi) is 4.87. The summed E-state index contributed by atoms with van der Waals surface area (Å²) in [6, 6.07) is 15.2. The smallest absolute Gasteiger partial charge is 0.407 e. The topological polar surface area (TPSA) is 70.3 Å². The van der Waals surface area contributed by atoms with Crippen LogP contribution in [0, 0.1) is 11.8 Å². The molecule has 6 heteroatoms. The number of para-hydroxylation sites is 4. The zero-order valence-corrected chi connectivity index (χ0v) is 19.9. The second kappa shape index (κ2) is 8.26. The number of fused-ring (bicyclic) bond motifs is 4. The van der Waals surface area contributed by atoms with Crippen LogP contribution in [0.3, 0.4) is 0 Å². The van der Waals surface area contributed by atoms with Gasteiger partial charge in [-0.15, -0.1) is 0 Å². The number of oxazole rings is 2. The SMILES string of the molecule is O=c1oc2ccccc2n1/C1=C/[C@H]2CCCC=C2/C(n2c(=O)oc3ccccc32)=C\[C@@H]2CCCC=C12.